The van der Waals surface area contributed by atoms with Crippen LogP contribution in [-0.4, -0.2) is 40.3 Å². The second-order valence-electron chi connectivity index (χ2n) is 10.1. The van der Waals surface area contributed by atoms with Crippen LogP contribution in [0.1, 0.15) is 44.9 Å². The number of likely N-dealkylation sites (N-methyl/N-ethyl adjacent to an activating group) is 1. The zero-order valence-electron chi connectivity index (χ0n) is 16.9. The highest BCUT2D eigenvalue weighted by Gasteiger charge is 2.57. The van der Waals surface area contributed by atoms with E-state index in [2.05, 4.69) is 20.8 Å². The van der Waals surface area contributed by atoms with Gasteiger partial charge in [0.2, 0.25) is 5.91 Å². The van der Waals surface area contributed by atoms with Gasteiger partial charge in [0, 0.05) is 30.9 Å². The maximum atomic E-state index is 13.6. The highest BCUT2D eigenvalue weighted by molar-refractivity contribution is 9.10. The molecule has 0 N–H and O–H groups in total. The predicted octanol–water partition coefficient (Wildman–Crippen LogP) is 4.54. The van der Waals surface area contributed by atoms with E-state index in [9.17, 15) is 4.79 Å². The normalized spacial score (nSPS) is 35.2. The van der Waals surface area contributed by atoms with Crippen LogP contribution in [0.5, 0.6) is 0 Å². The molecule has 2 unspecified atom stereocenters. The number of hydrogen-bond acceptors (Lipinski definition) is 4. The van der Waals surface area contributed by atoms with Gasteiger partial charge in [0.15, 0.2) is 11.6 Å². The fourth-order valence-electron chi connectivity index (χ4n) is 7.08. The third-order valence-electron chi connectivity index (χ3n) is 7.75. The van der Waals surface area contributed by atoms with Crippen LogP contribution in [0.15, 0.2) is 24.3 Å². The Kier molecular flexibility index (Phi) is 3.85. The first kappa shape index (κ1) is 18.1. The molecule has 1 aromatic carbocycles. The topological polar surface area (TPSA) is 49.3 Å². The molecule has 1 amide bonds. The number of para-hydroxylation sites is 2. The average Bonchev–Trinajstić information content (AvgIpc) is 2.64. The van der Waals surface area contributed by atoms with Crippen molar-refractivity contribution < 1.29 is 4.79 Å². The Morgan fingerprint density at radius 2 is 1.72 bits per heavy atom. The van der Waals surface area contributed by atoms with E-state index in [0.29, 0.717) is 13.0 Å². The Balaban J connectivity index is 1.33. The van der Waals surface area contributed by atoms with Gasteiger partial charge in [-0.1, -0.05) is 28.1 Å². The molecule has 6 heteroatoms. The zero-order valence-corrected chi connectivity index (χ0v) is 18.5. The van der Waals surface area contributed by atoms with Crippen LogP contribution in [0, 0.1) is 17.3 Å². The minimum atomic E-state index is 0.179. The Bertz CT molecular complexity index is 994. The van der Waals surface area contributed by atoms with Crippen molar-refractivity contribution in [2.45, 2.75) is 49.3 Å². The molecule has 1 aromatic heterocycles. The number of halogens is 1. The molecule has 152 valence electrons. The Morgan fingerprint density at radius 3 is 2.38 bits per heavy atom. The molecule has 2 heterocycles. The van der Waals surface area contributed by atoms with Gasteiger partial charge in [0.1, 0.15) is 0 Å². The number of benzene rings is 1. The van der Waals surface area contributed by atoms with Gasteiger partial charge in [-0.05, 0) is 67.9 Å². The van der Waals surface area contributed by atoms with Gasteiger partial charge < -0.3 is 4.90 Å². The number of nitrogens with zero attached hydrogens (tertiary/aromatic N) is 4. The van der Waals surface area contributed by atoms with Gasteiger partial charge in [0.05, 0.1) is 11.0 Å². The standard InChI is InChI=1S/C23H27BrN4O/c1-27-6-7-28(21-20(27)25-17-4-2-3-5-18(17)26-21)19(29)13-22-9-15-8-16(10-22)12-23(24,11-15)14-22/h2-5,15-16H,6-14H2,1H3. The van der Waals surface area contributed by atoms with Gasteiger partial charge in [-0.15, -0.1) is 0 Å². The quantitative estimate of drug-likeness (QED) is 0.625. The number of rotatable bonds is 2. The minimum absolute atomic E-state index is 0.179. The summed E-state index contributed by atoms with van der Waals surface area (Å²) in [5, 5.41) is 0. The molecule has 1 aliphatic heterocycles. The first-order valence-corrected chi connectivity index (χ1v) is 11.7. The van der Waals surface area contributed by atoms with Crippen LogP contribution >= 0.6 is 15.9 Å². The minimum Gasteiger partial charge on any atom is -0.355 e. The molecule has 4 bridgehead atoms. The van der Waals surface area contributed by atoms with Crippen molar-refractivity contribution in [2.24, 2.45) is 17.3 Å². The van der Waals surface area contributed by atoms with Crippen molar-refractivity contribution in [1.29, 1.82) is 0 Å². The number of fused-ring (bicyclic) bond motifs is 2. The molecule has 0 spiro atoms. The van der Waals surface area contributed by atoms with Gasteiger partial charge >= 0.3 is 0 Å². The van der Waals surface area contributed by atoms with Crippen molar-refractivity contribution in [1.82, 2.24) is 9.97 Å². The van der Waals surface area contributed by atoms with E-state index >= 15 is 0 Å². The number of alkyl halides is 1. The summed E-state index contributed by atoms with van der Waals surface area (Å²) in [5.74, 6) is 3.40. The number of carbonyl (C=O) groups excluding carboxylic acids is 1. The molecule has 4 aliphatic carbocycles. The largest absolute Gasteiger partial charge is 0.355 e. The molecule has 29 heavy (non-hydrogen) atoms. The third kappa shape index (κ3) is 2.89. The Labute approximate surface area is 180 Å². The second kappa shape index (κ2) is 6.16. The first-order valence-electron chi connectivity index (χ1n) is 10.9. The zero-order chi connectivity index (χ0) is 19.8. The Morgan fingerprint density at radius 1 is 1.07 bits per heavy atom. The smallest absolute Gasteiger partial charge is 0.228 e. The molecule has 5 aliphatic rings. The Hall–Kier alpha value is -1.69. The van der Waals surface area contributed by atoms with Crippen LogP contribution in [-0.2, 0) is 4.79 Å². The van der Waals surface area contributed by atoms with Crippen LogP contribution in [0.25, 0.3) is 11.0 Å². The van der Waals surface area contributed by atoms with Crippen molar-refractivity contribution in [3.05, 3.63) is 24.3 Å². The summed E-state index contributed by atoms with van der Waals surface area (Å²) in [4.78, 5) is 27.4. The molecule has 4 saturated carbocycles. The molecule has 0 saturated heterocycles. The molecule has 4 fully saturated rings. The summed E-state index contributed by atoms with van der Waals surface area (Å²) in [7, 11) is 2.04. The maximum absolute atomic E-state index is 13.6. The van der Waals surface area contributed by atoms with Gasteiger partial charge in [-0.2, -0.15) is 0 Å². The van der Waals surface area contributed by atoms with E-state index in [0.717, 1.165) is 47.5 Å². The molecule has 7 rings (SSSR count). The molecular weight excluding hydrogens is 428 g/mol. The number of anilines is 2. The molecule has 0 radical (unpaired) electrons. The monoisotopic (exact) mass is 454 g/mol. The first-order chi connectivity index (χ1) is 13.9. The van der Waals surface area contributed by atoms with Crippen molar-refractivity contribution in [3.63, 3.8) is 0 Å². The van der Waals surface area contributed by atoms with E-state index < -0.39 is 0 Å². The summed E-state index contributed by atoms with van der Waals surface area (Å²) >= 11 is 4.09. The fourth-order valence-corrected chi connectivity index (χ4v) is 8.59. The highest BCUT2D eigenvalue weighted by Crippen LogP contribution is 2.65. The lowest BCUT2D eigenvalue weighted by atomic mass is 9.48. The van der Waals surface area contributed by atoms with Crippen molar-refractivity contribution in [3.8, 4) is 0 Å². The second-order valence-corrected chi connectivity index (χ2v) is 11.8. The molecule has 2 aromatic rings. The number of hydrogen-bond donors (Lipinski definition) is 0. The lowest BCUT2D eigenvalue weighted by molar-refractivity contribution is -0.125. The number of carbonyl (C=O) groups is 1. The summed E-state index contributed by atoms with van der Waals surface area (Å²) < 4.78 is 0.285. The lowest BCUT2D eigenvalue weighted by Gasteiger charge is -2.60. The molecule has 2 atom stereocenters. The highest BCUT2D eigenvalue weighted by atomic mass is 79.9. The van der Waals surface area contributed by atoms with Crippen LogP contribution in [0.3, 0.4) is 0 Å². The van der Waals surface area contributed by atoms with Gasteiger partial charge in [-0.3, -0.25) is 9.69 Å². The summed E-state index contributed by atoms with van der Waals surface area (Å²) in [5.41, 5.74) is 1.92. The summed E-state index contributed by atoms with van der Waals surface area (Å²) in [6.07, 6.45) is 8.24. The van der Waals surface area contributed by atoms with Crippen LogP contribution < -0.4 is 9.80 Å². The van der Waals surface area contributed by atoms with E-state index in [1.54, 1.807) is 0 Å². The lowest BCUT2D eigenvalue weighted by Crippen LogP contribution is -2.54. The average molecular weight is 455 g/mol. The third-order valence-corrected chi connectivity index (χ3v) is 8.68. The fraction of sp³-hybridized carbons (Fsp3) is 0.609. The van der Waals surface area contributed by atoms with Crippen LogP contribution in [0.4, 0.5) is 11.6 Å². The maximum Gasteiger partial charge on any atom is 0.228 e. The van der Waals surface area contributed by atoms with Crippen LogP contribution in [0.2, 0.25) is 0 Å². The van der Waals surface area contributed by atoms with E-state index in [4.69, 9.17) is 9.97 Å². The van der Waals surface area contributed by atoms with E-state index in [-0.39, 0.29) is 15.6 Å². The van der Waals surface area contributed by atoms with Crippen molar-refractivity contribution in [2.75, 3.05) is 29.9 Å². The number of aromatic nitrogens is 2. The van der Waals surface area contributed by atoms with Gasteiger partial charge in [-0.25, -0.2) is 9.97 Å². The molecule has 5 nitrogen and oxygen atoms in total. The van der Waals surface area contributed by atoms with E-state index in [1.807, 2.05) is 36.2 Å². The number of amides is 1. The van der Waals surface area contributed by atoms with Gasteiger partial charge in [0.25, 0.3) is 0 Å². The summed E-state index contributed by atoms with van der Waals surface area (Å²) in [6.45, 7) is 1.49. The predicted molar refractivity (Wildman–Crippen MR) is 119 cm³/mol. The SMILES string of the molecule is CN1CCN(C(=O)CC23CC4CC(CC(Br)(C4)C2)C3)c2nc3ccccc3nc21. The van der Waals surface area contributed by atoms with Crippen molar-refractivity contribution >= 4 is 44.5 Å². The van der Waals surface area contributed by atoms with E-state index in [1.165, 1.54) is 32.1 Å². The molecular formula is C23H27BrN4O. The summed E-state index contributed by atoms with van der Waals surface area (Å²) in [6, 6.07) is 7.93.